The molecule has 6 heteroatoms. The summed E-state index contributed by atoms with van der Waals surface area (Å²) in [5, 5.41) is 0. The first-order valence-electron chi connectivity index (χ1n) is 11.3. The molecule has 168 valence electrons. The predicted octanol–water partition coefficient (Wildman–Crippen LogP) is 6.05. The van der Waals surface area contributed by atoms with Crippen molar-refractivity contribution in [1.29, 1.82) is 0 Å². The molecule has 0 spiro atoms. The smallest absolute Gasteiger partial charge is 0.306 e. The van der Waals surface area contributed by atoms with Gasteiger partial charge >= 0.3 is 11.9 Å². The van der Waals surface area contributed by atoms with Crippen molar-refractivity contribution in [1.82, 2.24) is 0 Å². The van der Waals surface area contributed by atoms with Gasteiger partial charge in [0.15, 0.2) is 0 Å². The van der Waals surface area contributed by atoms with Gasteiger partial charge in [-0.1, -0.05) is 32.6 Å². The third kappa shape index (κ3) is 9.81. The summed E-state index contributed by atoms with van der Waals surface area (Å²) in [6.07, 6.45) is 6.63. The molecule has 0 bridgehead atoms. The summed E-state index contributed by atoms with van der Waals surface area (Å²) in [4.78, 5) is 35.6. The lowest BCUT2D eigenvalue weighted by molar-refractivity contribution is -0.147. The van der Waals surface area contributed by atoms with Crippen LogP contribution in [0.4, 0.5) is 8.78 Å². The fourth-order valence-electron chi connectivity index (χ4n) is 4.07. The molecule has 29 heavy (non-hydrogen) atoms. The van der Waals surface area contributed by atoms with Crippen molar-refractivity contribution in [3.63, 3.8) is 0 Å². The van der Waals surface area contributed by atoms with E-state index in [-0.39, 0.29) is 42.5 Å². The number of Topliss-reactive ketones (excluding diaryl/α,β-unsaturated/α-hetero) is 2. The molecule has 0 radical (unpaired) electrons. The van der Waals surface area contributed by atoms with Gasteiger partial charge in [0.25, 0.3) is 0 Å². The van der Waals surface area contributed by atoms with Gasteiger partial charge in [-0.05, 0) is 51.9 Å². The molecular formula is C23H38F2O4. The van der Waals surface area contributed by atoms with Gasteiger partial charge in [0, 0.05) is 31.6 Å². The second-order valence-corrected chi connectivity index (χ2v) is 8.63. The monoisotopic (exact) mass is 416 g/mol. The van der Waals surface area contributed by atoms with Crippen molar-refractivity contribution < 1.29 is 27.9 Å². The van der Waals surface area contributed by atoms with E-state index in [9.17, 15) is 23.2 Å². The van der Waals surface area contributed by atoms with E-state index in [4.69, 9.17) is 4.74 Å². The molecule has 1 aliphatic carbocycles. The minimum Gasteiger partial charge on any atom is -0.463 e. The van der Waals surface area contributed by atoms with E-state index in [1.807, 2.05) is 20.8 Å². The zero-order valence-corrected chi connectivity index (χ0v) is 18.3. The first kappa shape index (κ1) is 25.7. The van der Waals surface area contributed by atoms with Crippen LogP contribution in [0.1, 0.15) is 104 Å². The molecule has 1 fully saturated rings. The molecule has 2 unspecified atom stereocenters. The summed E-state index contributed by atoms with van der Waals surface area (Å²) in [7, 11) is 0. The van der Waals surface area contributed by atoms with Crippen molar-refractivity contribution in [2.24, 2.45) is 11.8 Å². The van der Waals surface area contributed by atoms with Crippen LogP contribution in [-0.2, 0) is 19.1 Å². The quantitative estimate of drug-likeness (QED) is 0.241. The average Bonchev–Trinajstić information content (AvgIpc) is 3.00. The highest BCUT2D eigenvalue weighted by atomic mass is 19.3. The molecule has 0 aromatic rings. The van der Waals surface area contributed by atoms with Gasteiger partial charge in [-0.15, -0.1) is 0 Å². The van der Waals surface area contributed by atoms with E-state index < -0.39 is 11.7 Å². The highest BCUT2D eigenvalue weighted by Gasteiger charge is 2.39. The largest absolute Gasteiger partial charge is 0.463 e. The van der Waals surface area contributed by atoms with Crippen LogP contribution < -0.4 is 0 Å². The third-order valence-electron chi connectivity index (χ3n) is 5.75. The van der Waals surface area contributed by atoms with Crippen LogP contribution >= 0.6 is 0 Å². The molecule has 2 atom stereocenters. The first-order chi connectivity index (χ1) is 13.7. The lowest BCUT2D eigenvalue weighted by Gasteiger charge is -2.20. The van der Waals surface area contributed by atoms with Crippen LogP contribution in [0.5, 0.6) is 0 Å². The Balaban J connectivity index is 2.29. The number of carbonyl (C=O) groups excluding carboxylic acids is 3. The van der Waals surface area contributed by atoms with E-state index in [1.54, 1.807) is 0 Å². The van der Waals surface area contributed by atoms with E-state index in [1.165, 1.54) is 0 Å². The Kier molecular flexibility index (Phi) is 11.6. The van der Waals surface area contributed by atoms with Gasteiger partial charge in [0.2, 0.25) is 5.78 Å². The van der Waals surface area contributed by atoms with Crippen LogP contribution in [0.3, 0.4) is 0 Å². The number of carbonyl (C=O) groups is 3. The molecule has 4 nitrogen and oxygen atoms in total. The van der Waals surface area contributed by atoms with Crippen molar-refractivity contribution in [2.75, 3.05) is 0 Å². The molecule has 0 heterocycles. The van der Waals surface area contributed by atoms with E-state index in [2.05, 4.69) is 0 Å². The maximum Gasteiger partial charge on any atom is 0.306 e. The molecule has 0 aromatic heterocycles. The van der Waals surface area contributed by atoms with Crippen LogP contribution in [0.25, 0.3) is 0 Å². The van der Waals surface area contributed by atoms with E-state index in [0.29, 0.717) is 38.5 Å². The maximum absolute atomic E-state index is 13.9. The highest BCUT2D eigenvalue weighted by molar-refractivity contribution is 5.86. The number of halogens is 2. The summed E-state index contributed by atoms with van der Waals surface area (Å²) >= 11 is 0. The van der Waals surface area contributed by atoms with Gasteiger partial charge in [-0.2, -0.15) is 8.78 Å². The second-order valence-electron chi connectivity index (χ2n) is 8.63. The topological polar surface area (TPSA) is 60.4 Å². The molecule has 0 saturated heterocycles. The predicted molar refractivity (Wildman–Crippen MR) is 109 cm³/mol. The van der Waals surface area contributed by atoms with Crippen molar-refractivity contribution >= 4 is 17.5 Å². The summed E-state index contributed by atoms with van der Waals surface area (Å²) in [6.45, 7) is 5.48. The maximum atomic E-state index is 13.9. The Morgan fingerprint density at radius 1 is 1.07 bits per heavy atom. The highest BCUT2D eigenvalue weighted by Crippen LogP contribution is 2.37. The normalized spacial score (nSPS) is 19.7. The molecule has 1 aliphatic rings. The molecule has 1 rings (SSSR count). The van der Waals surface area contributed by atoms with Crippen LogP contribution in [0.15, 0.2) is 0 Å². The van der Waals surface area contributed by atoms with E-state index >= 15 is 0 Å². The summed E-state index contributed by atoms with van der Waals surface area (Å²) in [5.41, 5.74) is 0. The summed E-state index contributed by atoms with van der Waals surface area (Å²) in [6, 6.07) is 0. The number of alkyl halides is 2. The van der Waals surface area contributed by atoms with Gasteiger partial charge in [0.1, 0.15) is 5.78 Å². The fourth-order valence-corrected chi connectivity index (χ4v) is 4.07. The van der Waals surface area contributed by atoms with Gasteiger partial charge in [-0.3, -0.25) is 14.4 Å². The number of esters is 1. The van der Waals surface area contributed by atoms with E-state index in [0.717, 1.165) is 32.1 Å². The number of unbranched alkanes of at least 4 members (excludes halogenated alkanes) is 4. The number of hydrogen-bond acceptors (Lipinski definition) is 4. The first-order valence-corrected chi connectivity index (χ1v) is 11.3. The van der Waals surface area contributed by atoms with Crippen molar-refractivity contribution in [2.45, 2.75) is 116 Å². The lowest BCUT2D eigenvalue weighted by atomic mass is 9.85. The van der Waals surface area contributed by atoms with Crippen LogP contribution in [-0.4, -0.2) is 29.6 Å². The molecule has 0 N–H and O–H groups in total. The zero-order chi connectivity index (χ0) is 21.9. The Morgan fingerprint density at radius 3 is 2.41 bits per heavy atom. The Hall–Kier alpha value is -1.33. The number of hydrogen-bond donors (Lipinski definition) is 0. The standard InChI is InChI=1S/C23H38F2O4/c1-4-5-16-23(24,25)21(27)15-13-18-12-14-20(26)19(18)10-8-6-7-9-11-22(28)29-17(2)3/h17-19H,4-16H2,1-3H3. The minimum atomic E-state index is -3.23. The van der Waals surface area contributed by atoms with Crippen molar-refractivity contribution in [3.8, 4) is 0 Å². The molecule has 0 aliphatic heterocycles. The van der Waals surface area contributed by atoms with Crippen LogP contribution in [0.2, 0.25) is 0 Å². The number of ketones is 2. The van der Waals surface area contributed by atoms with Crippen LogP contribution in [0, 0.1) is 11.8 Å². The Bertz CT molecular complexity index is 531. The van der Waals surface area contributed by atoms with Gasteiger partial charge in [0.05, 0.1) is 6.10 Å². The minimum absolute atomic E-state index is 0.0504. The molecule has 0 amide bonds. The molecule has 0 aromatic carbocycles. The lowest BCUT2D eigenvalue weighted by Crippen LogP contribution is -2.29. The third-order valence-corrected chi connectivity index (χ3v) is 5.75. The van der Waals surface area contributed by atoms with Gasteiger partial charge < -0.3 is 4.74 Å². The average molecular weight is 417 g/mol. The Morgan fingerprint density at radius 2 is 1.76 bits per heavy atom. The number of rotatable bonds is 15. The Labute approximate surface area is 174 Å². The molecular weight excluding hydrogens is 378 g/mol. The van der Waals surface area contributed by atoms with Crippen molar-refractivity contribution in [3.05, 3.63) is 0 Å². The fraction of sp³-hybridized carbons (Fsp3) is 0.870. The summed E-state index contributed by atoms with van der Waals surface area (Å²) < 4.78 is 32.8. The summed E-state index contributed by atoms with van der Waals surface area (Å²) in [5.74, 6) is -4.22. The second kappa shape index (κ2) is 13.1. The SMILES string of the molecule is CCCCC(F)(F)C(=O)CCC1CCC(=O)C1CCCCCCC(=O)OC(C)C. The zero-order valence-electron chi connectivity index (χ0n) is 18.3. The van der Waals surface area contributed by atoms with Gasteiger partial charge in [-0.25, -0.2) is 0 Å². The molecule has 1 saturated carbocycles. The number of ether oxygens (including phenoxy) is 1.